The van der Waals surface area contributed by atoms with Crippen LogP contribution < -0.4 is 5.46 Å². The van der Waals surface area contributed by atoms with Crippen molar-refractivity contribution in [2.24, 2.45) is 0 Å². The molecule has 0 amide bonds. The summed E-state index contributed by atoms with van der Waals surface area (Å²) in [5.41, 5.74) is 0.984. The minimum Gasteiger partial charge on any atom is -0.403 e. The Labute approximate surface area is 71.3 Å². The Morgan fingerprint density at radius 3 is 2.58 bits per heavy atom. The smallest absolute Gasteiger partial charge is 0.403 e. The standard InChI is InChI=1S/C8H9BO3/c1-2-4-8(5-3-1)9-10-6-7-11-12-9/h1-5H,6-7H2. The van der Waals surface area contributed by atoms with Crippen molar-refractivity contribution < 1.29 is 14.3 Å². The van der Waals surface area contributed by atoms with Gasteiger partial charge in [0, 0.05) is 0 Å². The number of rotatable bonds is 1. The summed E-state index contributed by atoms with van der Waals surface area (Å²) < 4.78 is 5.32. The van der Waals surface area contributed by atoms with Crippen LogP contribution >= 0.6 is 0 Å². The van der Waals surface area contributed by atoms with Gasteiger partial charge >= 0.3 is 7.12 Å². The Morgan fingerprint density at radius 2 is 1.92 bits per heavy atom. The molecule has 4 heteroatoms. The molecule has 0 aliphatic carbocycles. The van der Waals surface area contributed by atoms with E-state index >= 15 is 0 Å². The van der Waals surface area contributed by atoms with E-state index in [9.17, 15) is 0 Å². The second-order valence-corrected chi connectivity index (χ2v) is 2.53. The molecule has 0 unspecified atom stereocenters. The van der Waals surface area contributed by atoms with Crippen LogP contribution in [0, 0.1) is 0 Å². The van der Waals surface area contributed by atoms with E-state index < -0.39 is 0 Å². The first-order valence-corrected chi connectivity index (χ1v) is 3.91. The van der Waals surface area contributed by atoms with Crippen LogP contribution in [0.4, 0.5) is 0 Å². The van der Waals surface area contributed by atoms with E-state index in [0.717, 1.165) is 5.46 Å². The molecule has 12 heavy (non-hydrogen) atoms. The summed E-state index contributed by atoms with van der Waals surface area (Å²) in [5.74, 6) is 0. The number of benzene rings is 1. The topological polar surface area (TPSA) is 27.7 Å². The average molecular weight is 164 g/mol. The zero-order valence-electron chi connectivity index (χ0n) is 6.60. The molecule has 0 N–H and O–H groups in total. The molecule has 1 saturated heterocycles. The molecule has 0 radical (unpaired) electrons. The van der Waals surface area contributed by atoms with Crippen molar-refractivity contribution in [3.05, 3.63) is 30.3 Å². The van der Waals surface area contributed by atoms with Gasteiger partial charge in [0.15, 0.2) is 0 Å². The lowest BCUT2D eigenvalue weighted by Crippen LogP contribution is -2.41. The fourth-order valence-corrected chi connectivity index (χ4v) is 1.09. The largest absolute Gasteiger partial charge is 0.525 e. The van der Waals surface area contributed by atoms with Gasteiger partial charge in [0.05, 0.1) is 6.61 Å². The fraction of sp³-hybridized carbons (Fsp3) is 0.250. The van der Waals surface area contributed by atoms with Gasteiger partial charge in [-0.05, 0) is 5.46 Å². The zero-order valence-corrected chi connectivity index (χ0v) is 6.60. The van der Waals surface area contributed by atoms with Gasteiger partial charge in [0.25, 0.3) is 0 Å². The summed E-state index contributed by atoms with van der Waals surface area (Å²) in [7, 11) is -0.361. The van der Waals surface area contributed by atoms with Gasteiger partial charge in [0.2, 0.25) is 0 Å². The van der Waals surface area contributed by atoms with Crippen molar-refractivity contribution in [3.63, 3.8) is 0 Å². The summed E-state index contributed by atoms with van der Waals surface area (Å²) in [6.45, 7) is 1.09. The van der Waals surface area contributed by atoms with Crippen molar-refractivity contribution >= 4 is 12.6 Å². The molecule has 0 spiro atoms. The van der Waals surface area contributed by atoms with Crippen LogP contribution in [0.15, 0.2) is 30.3 Å². The predicted molar refractivity (Wildman–Crippen MR) is 44.8 cm³/mol. The maximum Gasteiger partial charge on any atom is 0.525 e. The molecular formula is C8H9BO3. The van der Waals surface area contributed by atoms with Crippen LogP contribution in [0.3, 0.4) is 0 Å². The summed E-state index contributed by atoms with van der Waals surface area (Å²) in [4.78, 5) is 9.75. The average Bonchev–Trinajstić information content (AvgIpc) is 2.21. The van der Waals surface area contributed by atoms with E-state index in [1.54, 1.807) is 0 Å². The first-order chi connectivity index (χ1) is 5.97. The van der Waals surface area contributed by atoms with Crippen LogP contribution in [-0.4, -0.2) is 20.3 Å². The van der Waals surface area contributed by atoms with Gasteiger partial charge in [-0.15, -0.1) is 0 Å². The van der Waals surface area contributed by atoms with E-state index in [2.05, 4.69) is 0 Å². The molecular weight excluding hydrogens is 155 g/mol. The molecule has 1 aromatic carbocycles. The highest BCUT2D eigenvalue weighted by Crippen LogP contribution is 1.99. The third kappa shape index (κ3) is 1.66. The molecule has 0 bridgehead atoms. The summed E-state index contributed by atoms with van der Waals surface area (Å²) in [5, 5.41) is 0. The Hall–Kier alpha value is -0.835. The normalized spacial score (nSPS) is 17.8. The molecule has 1 aromatic rings. The highest BCUT2D eigenvalue weighted by Gasteiger charge is 2.25. The lowest BCUT2D eigenvalue weighted by molar-refractivity contribution is -0.249. The van der Waals surface area contributed by atoms with Gasteiger partial charge < -0.3 is 4.65 Å². The van der Waals surface area contributed by atoms with E-state index in [-0.39, 0.29) is 7.12 Å². The summed E-state index contributed by atoms with van der Waals surface area (Å²) >= 11 is 0. The first kappa shape index (κ1) is 7.80. The minimum absolute atomic E-state index is 0.361. The molecule has 0 aromatic heterocycles. The predicted octanol–water partition coefficient (Wildman–Crippen LogP) is 0.360. The third-order valence-electron chi connectivity index (χ3n) is 1.66. The highest BCUT2D eigenvalue weighted by atomic mass is 17.2. The zero-order chi connectivity index (χ0) is 8.23. The molecule has 1 aliphatic heterocycles. The van der Waals surface area contributed by atoms with Gasteiger partial charge in [-0.25, -0.2) is 4.89 Å². The quantitative estimate of drug-likeness (QED) is 0.443. The van der Waals surface area contributed by atoms with Crippen LogP contribution in [0.2, 0.25) is 0 Å². The van der Waals surface area contributed by atoms with Crippen molar-refractivity contribution in [1.82, 2.24) is 0 Å². The maximum absolute atomic E-state index is 5.32. The molecule has 62 valence electrons. The van der Waals surface area contributed by atoms with Crippen LogP contribution in [0.1, 0.15) is 0 Å². The Bertz CT molecular complexity index is 233. The van der Waals surface area contributed by atoms with Crippen molar-refractivity contribution in [3.8, 4) is 0 Å². The molecule has 1 heterocycles. The first-order valence-electron chi connectivity index (χ1n) is 3.91. The Balaban J connectivity index is 2.08. The summed E-state index contributed by atoms with van der Waals surface area (Å²) in [6, 6.07) is 9.72. The highest BCUT2D eigenvalue weighted by molar-refractivity contribution is 6.61. The van der Waals surface area contributed by atoms with Crippen LogP contribution in [0.25, 0.3) is 0 Å². The Kier molecular flexibility index (Phi) is 2.41. The van der Waals surface area contributed by atoms with E-state index in [4.69, 9.17) is 14.3 Å². The van der Waals surface area contributed by atoms with Gasteiger partial charge in [0.1, 0.15) is 6.61 Å². The Morgan fingerprint density at radius 1 is 1.08 bits per heavy atom. The second kappa shape index (κ2) is 3.71. The minimum atomic E-state index is -0.361. The molecule has 2 rings (SSSR count). The maximum atomic E-state index is 5.32. The van der Waals surface area contributed by atoms with Crippen LogP contribution in [-0.2, 0) is 14.3 Å². The van der Waals surface area contributed by atoms with Crippen molar-refractivity contribution in [2.45, 2.75) is 0 Å². The van der Waals surface area contributed by atoms with Crippen LogP contribution in [0.5, 0.6) is 0 Å². The van der Waals surface area contributed by atoms with E-state index in [1.165, 1.54) is 0 Å². The van der Waals surface area contributed by atoms with Crippen molar-refractivity contribution in [2.75, 3.05) is 13.2 Å². The SMILES string of the molecule is c1ccc(B2OCCOO2)cc1. The monoisotopic (exact) mass is 164 g/mol. The molecule has 0 atom stereocenters. The van der Waals surface area contributed by atoms with Crippen molar-refractivity contribution in [1.29, 1.82) is 0 Å². The number of hydrogen-bond donors (Lipinski definition) is 0. The second-order valence-electron chi connectivity index (χ2n) is 2.53. The molecule has 0 saturated carbocycles. The van der Waals surface area contributed by atoms with E-state index in [0.29, 0.717) is 13.2 Å². The fourth-order valence-electron chi connectivity index (χ4n) is 1.09. The molecule has 1 aliphatic rings. The van der Waals surface area contributed by atoms with E-state index in [1.807, 2.05) is 30.3 Å². The summed E-state index contributed by atoms with van der Waals surface area (Å²) in [6.07, 6.45) is 0. The third-order valence-corrected chi connectivity index (χ3v) is 1.66. The molecule has 1 fully saturated rings. The van der Waals surface area contributed by atoms with Gasteiger partial charge in [-0.2, -0.15) is 0 Å². The lowest BCUT2D eigenvalue weighted by atomic mass is 9.79. The number of hydrogen-bond acceptors (Lipinski definition) is 3. The van der Waals surface area contributed by atoms with Gasteiger partial charge in [-0.1, -0.05) is 30.3 Å². The molecule has 3 nitrogen and oxygen atoms in total. The lowest BCUT2D eigenvalue weighted by Gasteiger charge is -2.18. The van der Waals surface area contributed by atoms with Gasteiger partial charge in [-0.3, -0.25) is 4.81 Å².